The van der Waals surface area contributed by atoms with Crippen molar-refractivity contribution in [2.75, 3.05) is 0 Å². The number of benzene rings is 4. The predicted molar refractivity (Wildman–Crippen MR) is 125 cm³/mol. The first-order chi connectivity index (χ1) is 15.1. The number of phenolic OH excluding ortho intramolecular Hbond substituents is 1. The van der Waals surface area contributed by atoms with Crippen LogP contribution < -0.4 is 5.43 Å². The van der Waals surface area contributed by atoms with Gasteiger partial charge < -0.3 is 5.11 Å². The fourth-order valence-electron chi connectivity index (χ4n) is 2.98. The van der Waals surface area contributed by atoms with Crippen molar-refractivity contribution in [3.8, 4) is 5.75 Å². The van der Waals surface area contributed by atoms with E-state index in [9.17, 15) is 9.90 Å². The molecule has 0 aromatic heterocycles. The van der Waals surface area contributed by atoms with Crippen LogP contribution in [0.4, 0.5) is 11.4 Å². The van der Waals surface area contributed by atoms with Crippen LogP contribution >= 0.6 is 15.9 Å². The van der Waals surface area contributed by atoms with Gasteiger partial charge in [0.05, 0.1) is 23.2 Å². The third-order valence-electron chi connectivity index (χ3n) is 4.54. The molecule has 0 saturated heterocycles. The molecule has 4 rings (SSSR count). The van der Waals surface area contributed by atoms with Gasteiger partial charge >= 0.3 is 0 Å². The minimum atomic E-state index is -0.366. The van der Waals surface area contributed by atoms with Crippen LogP contribution in [0.25, 0.3) is 10.8 Å². The molecule has 152 valence electrons. The molecule has 7 heteroatoms. The van der Waals surface area contributed by atoms with E-state index >= 15 is 0 Å². The number of phenols is 1. The second kappa shape index (κ2) is 9.32. The fourth-order valence-corrected chi connectivity index (χ4v) is 3.45. The van der Waals surface area contributed by atoms with E-state index in [-0.39, 0.29) is 11.7 Å². The Bertz CT molecular complexity index is 1310. The first-order valence-electron chi connectivity index (χ1n) is 9.42. The van der Waals surface area contributed by atoms with Crippen LogP contribution in [0.15, 0.2) is 105 Å². The van der Waals surface area contributed by atoms with Crippen LogP contribution in [0.1, 0.15) is 15.9 Å². The molecule has 0 fully saturated rings. The van der Waals surface area contributed by atoms with Crippen LogP contribution in [0.2, 0.25) is 0 Å². The molecule has 6 nitrogen and oxygen atoms in total. The zero-order valence-corrected chi connectivity index (χ0v) is 17.8. The van der Waals surface area contributed by atoms with Crippen molar-refractivity contribution in [2.24, 2.45) is 15.3 Å². The molecule has 0 radical (unpaired) electrons. The summed E-state index contributed by atoms with van der Waals surface area (Å²) in [4.78, 5) is 12.2. The van der Waals surface area contributed by atoms with Crippen LogP contribution in [0, 0.1) is 0 Å². The van der Waals surface area contributed by atoms with Crippen molar-refractivity contribution < 1.29 is 9.90 Å². The molecule has 4 aromatic carbocycles. The number of rotatable bonds is 5. The van der Waals surface area contributed by atoms with E-state index in [2.05, 4.69) is 36.7 Å². The number of hydrogen-bond donors (Lipinski definition) is 2. The molecule has 4 aromatic rings. The number of fused-ring (bicyclic) bond motifs is 1. The highest BCUT2D eigenvalue weighted by molar-refractivity contribution is 9.10. The second-order valence-electron chi connectivity index (χ2n) is 6.62. The maximum atomic E-state index is 12.2. The Labute approximate surface area is 187 Å². The molecule has 31 heavy (non-hydrogen) atoms. The van der Waals surface area contributed by atoms with E-state index < -0.39 is 0 Å². The molecule has 0 aliphatic carbocycles. The molecule has 0 aliphatic heterocycles. The molecule has 1 amide bonds. The number of azo groups is 1. The summed E-state index contributed by atoms with van der Waals surface area (Å²) in [5.74, 6) is -0.349. The summed E-state index contributed by atoms with van der Waals surface area (Å²) in [6.07, 6.45) is 1.36. The van der Waals surface area contributed by atoms with Gasteiger partial charge in [-0.15, -0.1) is 5.11 Å². The first kappa shape index (κ1) is 20.4. The quantitative estimate of drug-likeness (QED) is 0.197. The van der Waals surface area contributed by atoms with E-state index in [0.29, 0.717) is 21.3 Å². The smallest absolute Gasteiger partial charge is 0.272 e. The molecular formula is C24H17BrN4O2. The molecule has 0 aliphatic rings. The maximum Gasteiger partial charge on any atom is 0.272 e. The van der Waals surface area contributed by atoms with Crippen LogP contribution in [-0.4, -0.2) is 17.2 Å². The normalized spacial score (nSPS) is 11.4. The molecule has 0 atom stereocenters. The number of amides is 1. The van der Waals surface area contributed by atoms with Gasteiger partial charge in [0.25, 0.3) is 5.91 Å². The molecule has 0 spiro atoms. The Morgan fingerprint density at radius 1 is 0.903 bits per heavy atom. The van der Waals surface area contributed by atoms with Crippen LogP contribution in [0.3, 0.4) is 0 Å². The zero-order chi connectivity index (χ0) is 21.6. The lowest BCUT2D eigenvalue weighted by atomic mass is 10.1. The third kappa shape index (κ3) is 4.84. The summed E-state index contributed by atoms with van der Waals surface area (Å²) in [6.45, 7) is 0. The van der Waals surface area contributed by atoms with Crippen molar-refractivity contribution in [3.63, 3.8) is 0 Å². The van der Waals surface area contributed by atoms with Gasteiger partial charge in [-0.2, -0.15) is 10.2 Å². The lowest BCUT2D eigenvalue weighted by Gasteiger charge is -2.03. The van der Waals surface area contributed by atoms with E-state index in [1.165, 1.54) is 12.3 Å². The highest BCUT2D eigenvalue weighted by Gasteiger charge is 2.08. The van der Waals surface area contributed by atoms with Crippen LogP contribution in [0.5, 0.6) is 5.75 Å². The van der Waals surface area contributed by atoms with E-state index in [1.54, 1.807) is 30.3 Å². The van der Waals surface area contributed by atoms with Crippen molar-refractivity contribution in [1.82, 2.24) is 5.43 Å². The first-order valence-corrected chi connectivity index (χ1v) is 10.2. The Hall–Kier alpha value is -3.84. The largest absolute Gasteiger partial charge is 0.507 e. The number of carbonyl (C=O) groups is 1. The average molecular weight is 473 g/mol. The topological polar surface area (TPSA) is 86.4 Å². The lowest BCUT2D eigenvalue weighted by Crippen LogP contribution is -2.18. The van der Waals surface area contributed by atoms with Crippen molar-refractivity contribution in [1.29, 1.82) is 0 Å². The number of nitrogens with one attached hydrogen (secondary N) is 1. The SMILES string of the molecule is O=C(N/N=C/c1cc(N=Nc2cccc3ccccc23)ccc1O)c1ccccc1Br. The highest BCUT2D eigenvalue weighted by Crippen LogP contribution is 2.28. The Morgan fingerprint density at radius 3 is 2.55 bits per heavy atom. The molecule has 0 saturated carbocycles. The minimum Gasteiger partial charge on any atom is -0.507 e. The molecule has 0 unspecified atom stereocenters. The number of hydrazone groups is 1. The van der Waals surface area contributed by atoms with Gasteiger partial charge in [-0.3, -0.25) is 4.79 Å². The number of halogens is 1. The van der Waals surface area contributed by atoms with Gasteiger partial charge in [0, 0.05) is 15.4 Å². The number of carbonyl (C=O) groups excluding carboxylic acids is 1. The van der Waals surface area contributed by atoms with Gasteiger partial charge in [0.15, 0.2) is 0 Å². The zero-order valence-electron chi connectivity index (χ0n) is 16.2. The average Bonchev–Trinajstić information content (AvgIpc) is 2.79. The van der Waals surface area contributed by atoms with Crippen molar-refractivity contribution in [2.45, 2.75) is 0 Å². The van der Waals surface area contributed by atoms with Crippen molar-refractivity contribution in [3.05, 3.63) is 101 Å². The van der Waals surface area contributed by atoms with E-state index in [4.69, 9.17) is 0 Å². The van der Waals surface area contributed by atoms with Gasteiger partial charge in [-0.25, -0.2) is 5.43 Å². The number of hydrogen-bond acceptors (Lipinski definition) is 5. The van der Waals surface area contributed by atoms with E-state index in [1.807, 2.05) is 48.5 Å². The Balaban J connectivity index is 1.52. The molecule has 0 heterocycles. The minimum absolute atomic E-state index is 0.0167. The van der Waals surface area contributed by atoms with Crippen molar-refractivity contribution >= 4 is 50.2 Å². The summed E-state index contributed by atoms with van der Waals surface area (Å²) in [5.41, 5.74) is 4.61. The molecular weight excluding hydrogens is 456 g/mol. The summed E-state index contributed by atoms with van der Waals surface area (Å²) < 4.78 is 0.668. The fraction of sp³-hybridized carbons (Fsp3) is 0. The van der Waals surface area contributed by atoms with Gasteiger partial charge in [-0.05, 0) is 57.7 Å². The number of aromatic hydroxyl groups is 1. The Morgan fingerprint density at radius 2 is 1.68 bits per heavy atom. The summed E-state index contributed by atoms with van der Waals surface area (Å²) in [6, 6.07) is 25.6. The standard InChI is InChI=1S/C24H17BrN4O2/c25-21-10-4-3-9-20(21)24(31)29-26-15-17-14-18(12-13-23(17)30)27-28-22-11-5-7-16-6-1-2-8-19(16)22/h1-15,30H,(H,29,31)/b26-15+,28-27?. The summed E-state index contributed by atoms with van der Waals surface area (Å²) in [5, 5.41) is 24.8. The highest BCUT2D eigenvalue weighted by atomic mass is 79.9. The van der Waals surface area contributed by atoms with Gasteiger partial charge in [-0.1, -0.05) is 48.5 Å². The predicted octanol–water partition coefficient (Wildman–Crippen LogP) is 6.49. The van der Waals surface area contributed by atoms with Crippen LogP contribution in [-0.2, 0) is 0 Å². The van der Waals surface area contributed by atoms with Gasteiger partial charge in [0.1, 0.15) is 5.75 Å². The lowest BCUT2D eigenvalue weighted by molar-refractivity contribution is 0.0954. The van der Waals surface area contributed by atoms with E-state index in [0.717, 1.165) is 16.5 Å². The van der Waals surface area contributed by atoms with Gasteiger partial charge in [0.2, 0.25) is 0 Å². The Kier molecular flexibility index (Phi) is 6.14. The monoisotopic (exact) mass is 472 g/mol. The maximum absolute atomic E-state index is 12.2. The summed E-state index contributed by atoms with van der Waals surface area (Å²) in [7, 11) is 0. The summed E-state index contributed by atoms with van der Waals surface area (Å²) >= 11 is 3.33. The molecule has 2 N–H and O–H groups in total. The third-order valence-corrected chi connectivity index (χ3v) is 5.23. The second-order valence-corrected chi connectivity index (χ2v) is 7.47. The molecule has 0 bridgehead atoms. The number of nitrogens with zero attached hydrogens (tertiary/aromatic N) is 3.